The maximum atomic E-state index is 11.8. The van der Waals surface area contributed by atoms with Crippen molar-refractivity contribution in [2.45, 2.75) is 6.92 Å². The topological polar surface area (TPSA) is 57.2 Å². The predicted molar refractivity (Wildman–Crippen MR) is 71.9 cm³/mol. The van der Waals surface area contributed by atoms with Crippen LogP contribution in [0.2, 0.25) is 5.02 Å². The molecule has 1 aromatic carbocycles. The minimum atomic E-state index is -0.327. The maximum Gasteiger partial charge on any atom is 0.272 e. The molecule has 5 heteroatoms. The quantitative estimate of drug-likeness (QED) is 0.648. The van der Waals surface area contributed by atoms with Crippen molar-refractivity contribution in [2.24, 2.45) is 5.10 Å². The lowest BCUT2D eigenvalue weighted by Gasteiger charge is -2.03. The summed E-state index contributed by atoms with van der Waals surface area (Å²) < 4.78 is 0. The van der Waals surface area contributed by atoms with Gasteiger partial charge in [-0.05, 0) is 31.2 Å². The monoisotopic (exact) mass is 261 g/mol. The van der Waals surface area contributed by atoms with Gasteiger partial charge in [0, 0.05) is 6.20 Å². The number of aromatic amines is 1. The Balaban J connectivity index is 2.09. The van der Waals surface area contributed by atoms with E-state index in [1.165, 1.54) is 0 Å². The molecule has 18 heavy (non-hydrogen) atoms. The minimum Gasteiger partial charge on any atom is -0.360 e. The Hall–Kier alpha value is -2.07. The fraction of sp³-hybridized carbons (Fsp3) is 0.0769. The van der Waals surface area contributed by atoms with Crippen LogP contribution in [0.25, 0.3) is 0 Å². The molecule has 2 aromatic rings. The van der Waals surface area contributed by atoms with E-state index in [0.717, 1.165) is 5.69 Å². The van der Waals surface area contributed by atoms with Crippen LogP contribution in [-0.4, -0.2) is 16.6 Å². The first-order valence-corrected chi connectivity index (χ1v) is 5.79. The molecule has 0 atom stereocenters. The molecule has 1 aromatic heterocycles. The molecule has 0 unspecified atom stereocenters. The van der Waals surface area contributed by atoms with Crippen LogP contribution in [0.4, 0.5) is 0 Å². The fourth-order valence-electron chi connectivity index (χ4n) is 1.46. The van der Waals surface area contributed by atoms with Crippen LogP contribution in [0.5, 0.6) is 0 Å². The molecule has 4 nitrogen and oxygen atoms in total. The Kier molecular flexibility index (Phi) is 3.79. The zero-order valence-electron chi connectivity index (χ0n) is 9.77. The van der Waals surface area contributed by atoms with Crippen molar-refractivity contribution in [1.82, 2.24) is 10.4 Å². The summed E-state index contributed by atoms with van der Waals surface area (Å²) in [5.74, 6) is -0.327. The highest BCUT2D eigenvalue weighted by atomic mass is 35.5. The fourth-order valence-corrected chi connectivity index (χ4v) is 1.68. The largest absolute Gasteiger partial charge is 0.360 e. The van der Waals surface area contributed by atoms with Crippen molar-refractivity contribution in [1.29, 1.82) is 0 Å². The smallest absolute Gasteiger partial charge is 0.272 e. The highest BCUT2D eigenvalue weighted by Gasteiger charge is 2.08. The highest BCUT2D eigenvalue weighted by molar-refractivity contribution is 6.33. The third-order valence-corrected chi connectivity index (χ3v) is 2.76. The number of hydrazone groups is 1. The second kappa shape index (κ2) is 5.51. The lowest BCUT2D eigenvalue weighted by molar-refractivity contribution is 0.0955. The standard InChI is InChI=1S/C13H12ClN3O/c1-9(12-7-4-8-15-12)16-17-13(18)10-5-2-3-6-11(10)14/h2-8,15H,1H3,(H,17,18)/b16-9+. The lowest BCUT2D eigenvalue weighted by Crippen LogP contribution is -2.19. The maximum absolute atomic E-state index is 11.8. The predicted octanol–water partition coefficient (Wildman–Crippen LogP) is 2.82. The molecule has 92 valence electrons. The van der Waals surface area contributed by atoms with Crippen molar-refractivity contribution in [3.63, 3.8) is 0 Å². The molecule has 0 aliphatic heterocycles. The summed E-state index contributed by atoms with van der Waals surface area (Å²) in [6, 6.07) is 10.6. The van der Waals surface area contributed by atoms with Gasteiger partial charge in [0.25, 0.3) is 5.91 Å². The zero-order chi connectivity index (χ0) is 13.0. The molecule has 0 saturated heterocycles. The van der Waals surface area contributed by atoms with E-state index in [1.807, 2.05) is 12.1 Å². The number of nitrogens with zero attached hydrogens (tertiary/aromatic N) is 1. The summed E-state index contributed by atoms with van der Waals surface area (Å²) in [5.41, 5.74) is 4.43. The number of carbonyl (C=O) groups is 1. The summed E-state index contributed by atoms with van der Waals surface area (Å²) in [6.45, 7) is 1.80. The van der Waals surface area contributed by atoms with E-state index in [0.29, 0.717) is 16.3 Å². The second-order valence-corrected chi connectivity index (χ2v) is 4.11. The number of hydrogen-bond acceptors (Lipinski definition) is 2. The van der Waals surface area contributed by atoms with E-state index in [2.05, 4.69) is 15.5 Å². The van der Waals surface area contributed by atoms with Gasteiger partial charge < -0.3 is 4.98 Å². The molecular formula is C13H12ClN3O. The molecule has 0 saturated carbocycles. The lowest BCUT2D eigenvalue weighted by atomic mass is 10.2. The second-order valence-electron chi connectivity index (χ2n) is 3.70. The van der Waals surface area contributed by atoms with Gasteiger partial charge in [-0.25, -0.2) is 5.43 Å². The number of benzene rings is 1. The van der Waals surface area contributed by atoms with E-state index in [-0.39, 0.29) is 5.91 Å². The number of halogens is 1. The van der Waals surface area contributed by atoms with Crippen molar-refractivity contribution in [3.8, 4) is 0 Å². The zero-order valence-corrected chi connectivity index (χ0v) is 10.5. The Labute approximate surface area is 110 Å². The van der Waals surface area contributed by atoms with Crippen molar-refractivity contribution in [2.75, 3.05) is 0 Å². The highest BCUT2D eigenvalue weighted by Crippen LogP contribution is 2.14. The van der Waals surface area contributed by atoms with Gasteiger partial charge in [0.2, 0.25) is 0 Å². The average Bonchev–Trinajstić information content (AvgIpc) is 2.90. The van der Waals surface area contributed by atoms with Crippen LogP contribution in [0, 0.1) is 0 Å². The Bertz CT molecular complexity index is 576. The first-order valence-electron chi connectivity index (χ1n) is 5.41. The molecule has 1 amide bonds. The van der Waals surface area contributed by atoms with Gasteiger partial charge in [0.05, 0.1) is 22.0 Å². The SMILES string of the molecule is C/C(=N\NC(=O)c1ccccc1Cl)c1ccc[nH]1. The molecular weight excluding hydrogens is 250 g/mol. The van der Waals surface area contributed by atoms with E-state index < -0.39 is 0 Å². The molecule has 0 radical (unpaired) electrons. The summed E-state index contributed by atoms with van der Waals surface area (Å²) >= 11 is 5.92. The van der Waals surface area contributed by atoms with Crippen molar-refractivity contribution < 1.29 is 4.79 Å². The molecule has 2 N–H and O–H groups in total. The van der Waals surface area contributed by atoms with Crippen LogP contribution in [0.1, 0.15) is 23.0 Å². The number of rotatable bonds is 3. The van der Waals surface area contributed by atoms with E-state index in [4.69, 9.17) is 11.6 Å². The number of aromatic nitrogens is 1. The van der Waals surface area contributed by atoms with Gasteiger partial charge in [-0.2, -0.15) is 5.10 Å². The van der Waals surface area contributed by atoms with Crippen molar-refractivity contribution >= 4 is 23.2 Å². The van der Waals surface area contributed by atoms with Gasteiger partial charge in [-0.3, -0.25) is 4.79 Å². The van der Waals surface area contributed by atoms with Crippen LogP contribution in [-0.2, 0) is 0 Å². The summed E-state index contributed by atoms with van der Waals surface area (Å²) in [5, 5.41) is 4.42. The normalized spacial score (nSPS) is 11.3. The Morgan fingerprint density at radius 1 is 1.28 bits per heavy atom. The van der Waals surface area contributed by atoms with Gasteiger partial charge in [-0.1, -0.05) is 23.7 Å². The number of carbonyl (C=O) groups excluding carboxylic acids is 1. The van der Waals surface area contributed by atoms with Crippen LogP contribution < -0.4 is 5.43 Å². The van der Waals surface area contributed by atoms with Gasteiger partial charge in [0.15, 0.2) is 0 Å². The van der Waals surface area contributed by atoms with Crippen molar-refractivity contribution in [3.05, 3.63) is 58.9 Å². The molecule has 0 fully saturated rings. The molecule has 2 rings (SSSR count). The molecule has 0 aliphatic rings. The first-order chi connectivity index (χ1) is 8.68. The number of amides is 1. The van der Waals surface area contributed by atoms with Gasteiger partial charge in [-0.15, -0.1) is 0 Å². The Morgan fingerprint density at radius 3 is 2.72 bits per heavy atom. The van der Waals surface area contributed by atoms with E-state index >= 15 is 0 Å². The third kappa shape index (κ3) is 2.78. The number of hydrogen-bond donors (Lipinski definition) is 2. The average molecular weight is 262 g/mol. The van der Waals surface area contributed by atoms with Gasteiger partial charge >= 0.3 is 0 Å². The summed E-state index contributed by atoms with van der Waals surface area (Å²) in [4.78, 5) is 14.8. The minimum absolute atomic E-state index is 0.327. The van der Waals surface area contributed by atoms with E-state index in [1.54, 1.807) is 37.4 Å². The van der Waals surface area contributed by atoms with Crippen LogP contribution in [0.3, 0.4) is 0 Å². The van der Waals surface area contributed by atoms with Crippen LogP contribution >= 0.6 is 11.6 Å². The molecule has 1 heterocycles. The Morgan fingerprint density at radius 2 is 2.06 bits per heavy atom. The first kappa shape index (κ1) is 12.4. The third-order valence-electron chi connectivity index (χ3n) is 2.43. The molecule has 0 bridgehead atoms. The van der Waals surface area contributed by atoms with Crippen LogP contribution in [0.15, 0.2) is 47.7 Å². The molecule has 0 spiro atoms. The number of nitrogens with one attached hydrogen (secondary N) is 2. The summed E-state index contributed by atoms with van der Waals surface area (Å²) in [6.07, 6.45) is 1.80. The summed E-state index contributed by atoms with van der Waals surface area (Å²) in [7, 11) is 0. The van der Waals surface area contributed by atoms with Gasteiger partial charge in [0.1, 0.15) is 0 Å². The molecule has 0 aliphatic carbocycles. The van der Waals surface area contributed by atoms with E-state index in [9.17, 15) is 4.79 Å². The number of H-pyrrole nitrogens is 1.